The van der Waals surface area contributed by atoms with Crippen LogP contribution in [0.1, 0.15) is 37.8 Å². The minimum atomic E-state index is -0.845. The molecular formula is C25H28N2O4. The highest BCUT2D eigenvalue weighted by atomic mass is 16.5. The molecule has 162 valence electrons. The molecule has 2 aromatic rings. The highest BCUT2D eigenvalue weighted by molar-refractivity contribution is 5.98. The molecule has 1 saturated heterocycles. The summed E-state index contributed by atoms with van der Waals surface area (Å²) < 4.78 is 5.64. The van der Waals surface area contributed by atoms with Crippen molar-refractivity contribution in [2.45, 2.75) is 44.6 Å². The molecule has 2 amide bonds. The van der Waals surface area contributed by atoms with Crippen molar-refractivity contribution in [1.29, 1.82) is 0 Å². The fourth-order valence-electron chi connectivity index (χ4n) is 4.85. The van der Waals surface area contributed by atoms with E-state index in [0.717, 1.165) is 23.2 Å². The van der Waals surface area contributed by atoms with Crippen molar-refractivity contribution in [3.63, 3.8) is 0 Å². The largest absolute Gasteiger partial charge is 0.455 e. The molecule has 0 bridgehead atoms. The number of hydrogen-bond donors (Lipinski definition) is 0. The van der Waals surface area contributed by atoms with E-state index in [2.05, 4.69) is 0 Å². The number of nitrogens with zero attached hydrogens (tertiary/aromatic N) is 2. The minimum Gasteiger partial charge on any atom is -0.455 e. The molecule has 0 aromatic heterocycles. The first-order valence-corrected chi connectivity index (χ1v) is 10.8. The van der Waals surface area contributed by atoms with Gasteiger partial charge in [0.1, 0.15) is 0 Å². The van der Waals surface area contributed by atoms with E-state index >= 15 is 0 Å². The van der Waals surface area contributed by atoms with E-state index < -0.39 is 11.4 Å². The molecule has 2 aliphatic rings. The van der Waals surface area contributed by atoms with Gasteiger partial charge in [-0.05, 0) is 43.4 Å². The van der Waals surface area contributed by atoms with Gasteiger partial charge in [-0.3, -0.25) is 14.4 Å². The summed E-state index contributed by atoms with van der Waals surface area (Å²) in [7, 11) is 0. The Balaban J connectivity index is 1.50. The number of amides is 2. The normalized spacial score (nSPS) is 19.6. The third-order valence-electron chi connectivity index (χ3n) is 6.58. The van der Waals surface area contributed by atoms with Gasteiger partial charge in [-0.2, -0.15) is 0 Å². The minimum absolute atomic E-state index is 0.00638. The number of para-hydroxylation sites is 1. The van der Waals surface area contributed by atoms with Crippen LogP contribution in [0.4, 0.5) is 5.69 Å². The van der Waals surface area contributed by atoms with Crippen LogP contribution in [0.2, 0.25) is 0 Å². The maximum Gasteiger partial charge on any atom is 0.317 e. The van der Waals surface area contributed by atoms with Gasteiger partial charge < -0.3 is 14.5 Å². The number of carbonyl (C=O) groups excluding carboxylic acids is 3. The van der Waals surface area contributed by atoms with Crippen LogP contribution in [0.25, 0.3) is 0 Å². The fourth-order valence-corrected chi connectivity index (χ4v) is 4.85. The van der Waals surface area contributed by atoms with E-state index in [4.69, 9.17) is 4.74 Å². The lowest BCUT2D eigenvalue weighted by Crippen LogP contribution is -2.50. The van der Waals surface area contributed by atoms with Crippen molar-refractivity contribution in [2.24, 2.45) is 0 Å². The first-order valence-electron chi connectivity index (χ1n) is 10.8. The molecule has 0 spiro atoms. The summed E-state index contributed by atoms with van der Waals surface area (Å²) in [5.74, 6) is -0.600. The van der Waals surface area contributed by atoms with Crippen molar-refractivity contribution >= 4 is 23.5 Å². The predicted molar refractivity (Wildman–Crippen MR) is 118 cm³/mol. The van der Waals surface area contributed by atoms with Crippen molar-refractivity contribution in [2.75, 3.05) is 24.6 Å². The number of carbonyl (C=O) groups is 3. The second kappa shape index (κ2) is 8.53. The van der Waals surface area contributed by atoms with E-state index in [1.54, 1.807) is 16.7 Å². The van der Waals surface area contributed by atoms with Crippen LogP contribution < -0.4 is 4.90 Å². The fraction of sp³-hybridized carbons (Fsp3) is 0.400. The number of hydrogen-bond acceptors (Lipinski definition) is 4. The molecule has 1 fully saturated rings. The highest BCUT2D eigenvalue weighted by Gasteiger charge is 2.45. The van der Waals surface area contributed by atoms with Gasteiger partial charge in [0.25, 0.3) is 5.91 Å². The Hall–Kier alpha value is -3.15. The van der Waals surface area contributed by atoms with Gasteiger partial charge in [-0.25, -0.2) is 0 Å². The van der Waals surface area contributed by atoms with Crippen LogP contribution in [0.3, 0.4) is 0 Å². The number of likely N-dealkylation sites (tertiary alicyclic amines) is 1. The van der Waals surface area contributed by atoms with Crippen LogP contribution in [0, 0.1) is 0 Å². The quantitative estimate of drug-likeness (QED) is 0.713. The Morgan fingerprint density at radius 3 is 2.32 bits per heavy atom. The Kier molecular flexibility index (Phi) is 5.81. The maximum absolute atomic E-state index is 13.3. The summed E-state index contributed by atoms with van der Waals surface area (Å²) in [5, 5.41) is 0. The zero-order valence-electron chi connectivity index (χ0n) is 18.0. The van der Waals surface area contributed by atoms with Gasteiger partial charge in [0.15, 0.2) is 6.61 Å². The molecule has 0 saturated carbocycles. The molecule has 2 aliphatic heterocycles. The number of anilines is 1. The molecule has 31 heavy (non-hydrogen) atoms. The number of piperidine rings is 1. The molecule has 6 heteroatoms. The van der Waals surface area contributed by atoms with Crippen LogP contribution in [-0.4, -0.2) is 48.4 Å². The smallest absolute Gasteiger partial charge is 0.317 e. The third-order valence-corrected chi connectivity index (χ3v) is 6.58. The Labute approximate surface area is 182 Å². The lowest BCUT2D eigenvalue weighted by molar-refractivity contribution is -0.157. The third kappa shape index (κ3) is 3.94. The van der Waals surface area contributed by atoms with E-state index in [1.165, 1.54) is 0 Å². The van der Waals surface area contributed by atoms with Gasteiger partial charge in [0.05, 0.1) is 5.41 Å². The van der Waals surface area contributed by atoms with E-state index in [1.807, 2.05) is 61.5 Å². The zero-order chi connectivity index (χ0) is 22.0. The van der Waals surface area contributed by atoms with Gasteiger partial charge in [0, 0.05) is 31.7 Å². The molecule has 1 atom stereocenters. The topological polar surface area (TPSA) is 66.9 Å². The maximum atomic E-state index is 13.3. The van der Waals surface area contributed by atoms with E-state index in [9.17, 15) is 14.4 Å². The SMILES string of the molecule is CC(=O)N1CCC(C(=O)OCC(=O)N2c3ccccc3C[C@H]2C)(c2ccccc2)CC1. The summed E-state index contributed by atoms with van der Waals surface area (Å²) in [5.41, 5.74) is 2.05. The van der Waals surface area contributed by atoms with Gasteiger partial charge in [0.2, 0.25) is 5.91 Å². The monoisotopic (exact) mass is 420 g/mol. The van der Waals surface area contributed by atoms with Crippen LogP contribution >= 0.6 is 0 Å². The van der Waals surface area contributed by atoms with Crippen LogP contribution in [0.15, 0.2) is 54.6 Å². The average molecular weight is 421 g/mol. The van der Waals surface area contributed by atoms with Crippen molar-refractivity contribution < 1.29 is 19.1 Å². The van der Waals surface area contributed by atoms with Gasteiger partial charge in [-0.1, -0.05) is 48.5 Å². The van der Waals surface area contributed by atoms with Gasteiger partial charge >= 0.3 is 5.97 Å². The van der Waals surface area contributed by atoms with Crippen LogP contribution in [0.5, 0.6) is 0 Å². The van der Waals surface area contributed by atoms with Crippen LogP contribution in [-0.2, 0) is 31.0 Å². The molecular weight excluding hydrogens is 392 g/mol. The van der Waals surface area contributed by atoms with E-state index in [-0.39, 0.29) is 24.5 Å². The number of esters is 1. The summed E-state index contributed by atoms with van der Waals surface area (Å²) >= 11 is 0. The molecule has 0 radical (unpaired) electrons. The van der Waals surface area contributed by atoms with E-state index in [0.29, 0.717) is 25.9 Å². The summed E-state index contributed by atoms with van der Waals surface area (Å²) in [6.45, 7) is 4.24. The molecule has 0 aliphatic carbocycles. The first kappa shape index (κ1) is 21.1. The van der Waals surface area contributed by atoms with Crippen molar-refractivity contribution in [3.8, 4) is 0 Å². The number of ether oxygens (including phenoxy) is 1. The Morgan fingerprint density at radius 2 is 1.65 bits per heavy atom. The first-order chi connectivity index (χ1) is 14.9. The summed E-state index contributed by atoms with van der Waals surface area (Å²) in [4.78, 5) is 41.6. The molecule has 2 heterocycles. The van der Waals surface area contributed by atoms with Crippen molar-refractivity contribution in [3.05, 3.63) is 65.7 Å². The number of fused-ring (bicyclic) bond motifs is 1. The molecule has 0 N–H and O–H groups in total. The molecule has 4 rings (SSSR count). The highest BCUT2D eigenvalue weighted by Crippen LogP contribution is 2.37. The Bertz CT molecular complexity index is 980. The second-order valence-electron chi connectivity index (χ2n) is 8.48. The van der Waals surface area contributed by atoms with Gasteiger partial charge in [-0.15, -0.1) is 0 Å². The molecule has 2 aromatic carbocycles. The predicted octanol–water partition coefficient (Wildman–Crippen LogP) is 3.09. The Morgan fingerprint density at radius 1 is 1.00 bits per heavy atom. The number of benzene rings is 2. The summed E-state index contributed by atoms with van der Waals surface area (Å²) in [6.07, 6.45) is 1.75. The average Bonchev–Trinajstić information content (AvgIpc) is 3.13. The lowest BCUT2D eigenvalue weighted by Gasteiger charge is -2.40. The summed E-state index contributed by atoms with van der Waals surface area (Å²) in [6, 6.07) is 17.4. The zero-order valence-corrected chi connectivity index (χ0v) is 18.0. The second-order valence-corrected chi connectivity index (χ2v) is 8.48. The lowest BCUT2D eigenvalue weighted by atomic mass is 9.72. The molecule has 6 nitrogen and oxygen atoms in total. The molecule has 0 unspecified atom stereocenters. The standard InChI is InChI=1S/C25H28N2O4/c1-18-16-20-8-6-7-11-22(20)27(18)23(29)17-31-24(30)25(21-9-4-3-5-10-21)12-14-26(15-13-25)19(2)28/h3-11,18H,12-17H2,1-2H3/t18-/m1/s1. The van der Waals surface area contributed by atoms with Crippen molar-refractivity contribution in [1.82, 2.24) is 4.90 Å². The number of rotatable bonds is 4.